The lowest BCUT2D eigenvalue weighted by atomic mass is 10.2. The second kappa shape index (κ2) is 7.46. The smallest absolute Gasteiger partial charge is 0.411 e. The Morgan fingerprint density at radius 1 is 1.23 bits per heavy atom. The molecule has 0 bridgehead atoms. The van der Waals surface area contributed by atoms with Gasteiger partial charge in [0.25, 0.3) is 0 Å². The predicted molar refractivity (Wildman–Crippen MR) is 89.4 cm³/mol. The van der Waals surface area contributed by atoms with Crippen molar-refractivity contribution in [3.05, 3.63) is 28.7 Å². The molecule has 0 spiro atoms. The summed E-state index contributed by atoms with van der Waals surface area (Å²) >= 11 is 3.26. The Bertz CT molecular complexity index is 605. The number of benzene rings is 1. The molecule has 0 saturated carbocycles. The average Bonchev–Trinajstić information content (AvgIpc) is 2.36. The number of halogens is 1. The van der Waals surface area contributed by atoms with Crippen LogP contribution >= 0.6 is 15.9 Å². The fourth-order valence-corrected chi connectivity index (χ4v) is 3.34. The summed E-state index contributed by atoms with van der Waals surface area (Å²) < 4.78 is 30.9. The summed E-state index contributed by atoms with van der Waals surface area (Å²) in [5.41, 5.74) is -0.662. The van der Waals surface area contributed by atoms with Crippen LogP contribution in [0.4, 0.5) is 4.79 Å². The van der Waals surface area contributed by atoms with Crippen LogP contribution in [0.1, 0.15) is 34.1 Å². The van der Waals surface area contributed by atoms with Gasteiger partial charge in [0.2, 0.25) is 0 Å². The van der Waals surface area contributed by atoms with E-state index < -0.39 is 27.4 Å². The Kier molecular flexibility index (Phi) is 6.43. The third kappa shape index (κ3) is 5.96. The first-order valence-corrected chi connectivity index (χ1v) is 9.46. The summed E-state index contributed by atoms with van der Waals surface area (Å²) in [6.07, 6.45) is 0.0322. The highest BCUT2D eigenvalue weighted by Crippen LogP contribution is 2.18. The number of carbonyl (C=O) groups excluding carboxylic acids is 1. The van der Waals surface area contributed by atoms with Gasteiger partial charge in [0, 0.05) is 11.0 Å². The van der Waals surface area contributed by atoms with Crippen LogP contribution in [0.2, 0.25) is 0 Å². The van der Waals surface area contributed by atoms with Crippen molar-refractivity contribution >= 4 is 31.9 Å². The lowest BCUT2D eigenvalue weighted by Gasteiger charge is -2.27. The minimum atomic E-state index is -3.59. The minimum Gasteiger partial charge on any atom is -0.444 e. The van der Waals surface area contributed by atoms with Gasteiger partial charge in [-0.15, -0.1) is 0 Å². The molecule has 1 aromatic rings. The monoisotopic (exact) mass is 391 g/mol. The zero-order valence-corrected chi connectivity index (χ0v) is 15.7. The molecule has 0 saturated heterocycles. The molecular weight excluding hydrogens is 370 g/mol. The molecule has 1 amide bonds. The average molecular weight is 392 g/mol. The molecule has 0 unspecified atom stereocenters. The maximum Gasteiger partial charge on any atom is 0.411 e. The highest BCUT2D eigenvalue weighted by atomic mass is 79.9. The second-order valence-electron chi connectivity index (χ2n) is 5.94. The molecule has 0 radical (unpaired) electrons. The lowest BCUT2D eigenvalue weighted by molar-refractivity contribution is 0.0283. The topological polar surface area (TPSA) is 63.7 Å². The van der Waals surface area contributed by atoms with E-state index >= 15 is 0 Å². The van der Waals surface area contributed by atoms with Gasteiger partial charge in [0.15, 0.2) is 9.84 Å². The fraction of sp³-hybridized carbons (Fsp3) is 0.533. The van der Waals surface area contributed by atoms with Crippen molar-refractivity contribution in [3.8, 4) is 0 Å². The minimum absolute atomic E-state index is 0.181. The van der Waals surface area contributed by atoms with Gasteiger partial charge in [-0.1, -0.05) is 22.9 Å². The number of sulfone groups is 1. The van der Waals surface area contributed by atoms with Crippen LogP contribution in [0, 0.1) is 0 Å². The van der Waals surface area contributed by atoms with Crippen molar-refractivity contribution in [2.75, 3.05) is 12.4 Å². The molecule has 0 aromatic heterocycles. The van der Waals surface area contributed by atoms with Gasteiger partial charge in [-0.3, -0.25) is 4.90 Å². The Morgan fingerprint density at radius 3 is 2.23 bits per heavy atom. The molecule has 0 atom stereocenters. The number of rotatable bonds is 5. The SMILES string of the molecule is CCCN(CS(=O)(=O)c1ccc(Br)cc1)C(=O)OC(C)(C)C. The van der Waals surface area contributed by atoms with Gasteiger partial charge >= 0.3 is 6.09 Å². The first-order chi connectivity index (χ1) is 10.0. The van der Waals surface area contributed by atoms with Crippen molar-refractivity contribution < 1.29 is 17.9 Å². The third-order valence-electron chi connectivity index (χ3n) is 2.64. The predicted octanol–water partition coefficient (Wildman–Crippen LogP) is 3.83. The zero-order valence-electron chi connectivity index (χ0n) is 13.3. The normalized spacial score (nSPS) is 12.0. The molecule has 0 fully saturated rings. The summed E-state index contributed by atoms with van der Waals surface area (Å²) in [6.45, 7) is 7.45. The second-order valence-corrected chi connectivity index (χ2v) is 8.82. The molecule has 1 rings (SSSR count). The summed E-state index contributed by atoms with van der Waals surface area (Å²) in [5.74, 6) is -0.391. The molecule has 7 heteroatoms. The van der Waals surface area contributed by atoms with Gasteiger partial charge in [-0.05, 0) is 51.5 Å². The Labute approximate surface area is 140 Å². The first-order valence-electron chi connectivity index (χ1n) is 7.01. The number of ether oxygens (including phenoxy) is 1. The van der Waals surface area contributed by atoms with E-state index in [0.29, 0.717) is 13.0 Å². The van der Waals surface area contributed by atoms with Crippen molar-refractivity contribution in [3.63, 3.8) is 0 Å². The van der Waals surface area contributed by atoms with E-state index in [1.807, 2.05) is 6.92 Å². The number of hydrogen-bond donors (Lipinski definition) is 0. The largest absolute Gasteiger partial charge is 0.444 e. The van der Waals surface area contributed by atoms with Crippen LogP contribution in [0.15, 0.2) is 33.6 Å². The Morgan fingerprint density at radius 2 is 1.77 bits per heavy atom. The molecule has 0 aliphatic rings. The Balaban J connectivity index is 2.94. The van der Waals surface area contributed by atoms with Crippen molar-refractivity contribution in [1.29, 1.82) is 0 Å². The van der Waals surface area contributed by atoms with E-state index in [9.17, 15) is 13.2 Å². The van der Waals surface area contributed by atoms with Gasteiger partial charge in [-0.2, -0.15) is 0 Å². The summed E-state index contributed by atoms with van der Waals surface area (Å²) in [7, 11) is -3.59. The van der Waals surface area contributed by atoms with Crippen LogP contribution < -0.4 is 0 Å². The summed E-state index contributed by atoms with van der Waals surface area (Å²) in [5, 5.41) is 0. The zero-order chi connectivity index (χ0) is 17.0. The van der Waals surface area contributed by atoms with Crippen molar-refractivity contribution in [1.82, 2.24) is 4.90 Å². The van der Waals surface area contributed by atoms with E-state index in [1.54, 1.807) is 32.9 Å². The van der Waals surface area contributed by atoms with Gasteiger partial charge in [-0.25, -0.2) is 13.2 Å². The number of nitrogens with zero attached hydrogens (tertiary/aromatic N) is 1. The maximum absolute atomic E-state index is 12.4. The summed E-state index contributed by atoms with van der Waals surface area (Å²) in [4.78, 5) is 13.5. The van der Waals surface area contributed by atoms with Crippen molar-refractivity contribution in [2.24, 2.45) is 0 Å². The van der Waals surface area contributed by atoms with Crippen LogP contribution in [0.5, 0.6) is 0 Å². The standard InChI is InChI=1S/C15H22BrNO4S/c1-5-10-17(14(18)21-15(2,3)4)11-22(19,20)13-8-6-12(16)7-9-13/h6-9H,5,10-11H2,1-4H3. The molecule has 124 valence electrons. The third-order valence-corrected chi connectivity index (χ3v) is 4.81. The molecule has 0 heterocycles. The van der Waals surface area contributed by atoms with Crippen LogP contribution in [-0.4, -0.2) is 37.4 Å². The van der Waals surface area contributed by atoms with Gasteiger partial charge in [0.05, 0.1) is 4.90 Å². The first kappa shape index (κ1) is 19.0. The maximum atomic E-state index is 12.4. The molecule has 5 nitrogen and oxygen atoms in total. The van der Waals surface area contributed by atoms with Crippen molar-refractivity contribution in [2.45, 2.75) is 44.6 Å². The van der Waals surface area contributed by atoms with Gasteiger partial charge < -0.3 is 4.74 Å². The van der Waals surface area contributed by atoms with Crippen LogP contribution in [0.25, 0.3) is 0 Å². The van der Waals surface area contributed by atoms with E-state index in [2.05, 4.69) is 15.9 Å². The summed E-state index contributed by atoms with van der Waals surface area (Å²) in [6, 6.07) is 6.34. The van der Waals surface area contributed by atoms with Crippen LogP contribution in [0.3, 0.4) is 0 Å². The van der Waals surface area contributed by atoms with E-state index in [0.717, 1.165) is 4.47 Å². The van der Waals surface area contributed by atoms with E-state index in [1.165, 1.54) is 17.0 Å². The number of hydrogen-bond acceptors (Lipinski definition) is 4. The van der Waals surface area contributed by atoms with Gasteiger partial charge in [0.1, 0.15) is 11.5 Å². The van der Waals surface area contributed by atoms with E-state index in [-0.39, 0.29) is 4.90 Å². The lowest BCUT2D eigenvalue weighted by Crippen LogP contribution is -2.40. The van der Waals surface area contributed by atoms with E-state index in [4.69, 9.17) is 4.74 Å². The molecule has 0 aliphatic heterocycles. The molecule has 0 N–H and O–H groups in total. The number of amides is 1. The number of carbonyl (C=O) groups is 1. The molecule has 0 aliphatic carbocycles. The molecule has 22 heavy (non-hydrogen) atoms. The van der Waals surface area contributed by atoms with Crippen LogP contribution in [-0.2, 0) is 14.6 Å². The highest BCUT2D eigenvalue weighted by molar-refractivity contribution is 9.10. The highest BCUT2D eigenvalue weighted by Gasteiger charge is 2.26. The molecular formula is C15H22BrNO4S. The Hall–Kier alpha value is -1.08. The molecule has 1 aromatic carbocycles. The quantitative estimate of drug-likeness (QED) is 0.764. The fourth-order valence-electron chi connectivity index (χ4n) is 1.73.